The predicted octanol–water partition coefficient (Wildman–Crippen LogP) is 1.43. The quantitative estimate of drug-likeness (QED) is 0.834. The number of carboxylic acid groups (broad SMARTS) is 1. The number of nitrogens with zero attached hydrogens (tertiary/aromatic N) is 2. The lowest BCUT2D eigenvalue weighted by Gasteiger charge is -2.32. The van der Waals surface area contributed by atoms with Crippen molar-refractivity contribution in [2.45, 2.75) is 0 Å². The average molecular weight is 296 g/mol. The van der Waals surface area contributed by atoms with Crippen LogP contribution in [0.1, 0.15) is 10.4 Å². The molecule has 0 aromatic heterocycles. The Hall–Kier alpha value is -2.64. The predicted molar refractivity (Wildman–Crippen MR) is 69.0 cm³/mol. The van der Waals surface area contributed by atoms with Crippen LogP contribution in [0.4, 0.5) is 14.0 Å². The third-order valence-electron chi connectivity index (χ3n) is 3.11. The smallest absolute Gasteiger partial charge is 0.415 e. The van der Waals surface area contributed by atoms with E-state index in [1.807, 2.05) is 0 Å². The summed E-state index contributed by atoms with van der Waals surface area (Å²) in [5.74, 6) is -0.783. The summed E-state index contributed by atoms with van der Waals surface area (Å²) in [7, 11) is 0. The van der Waals surface area contributed by atoms with E-state index in [1.54, 1.807) is 0 Å². The van der Waals surface area contributed by atoms with Gasteiger partial charge in [-0.3, -0.25) is 4.79 Å². The standard InChI is InChI=1S/C13H13FN2O5/c14-11-7-10(2-1-9(11)8-17)21-13(20)16-5-3-15(4-6-16)12(18)19/h1-2,7-8H,3-6H2,(H,18,19). The Morgan fingerprint density at radius 3 is 2.33 bits per heavy atom. The van der Waals surface area contributed by atoms with Gasteiger partial charge in [0.1, 0.15) is 11.6 Å². The van der Waals surface area contributed by atoms with Crippen LogP contribution in [0.3, 0.4) is 0 Å². The second-order valence-corrected chi connectivity index (χ2v) is 4.43. The molecule has 1 saturated heterocycles. The third-order valence-corrected chi connectivity index (χ3v) is 3.11. The minimum Gasteiger partial charge on any atom is -0.465 e. The van der Waals surface area contributed by atoms with E-state index in [0.29, 0.717) is 6.29 Å². The number of halogens is 1. The summed E-state index contributed by atoms with van der Waals surface area (Å²) in [4.78, 5) is 35.6. The number of carbonyl (C=O) groups is 3. The van der Waals surface area contributed by atoms with Gasteiger partial charge in [-0.05, 0) is 12.1 Å². The minimum absolute atomic E-state index is 0.0104. The molecular weight excluding hydrogens is 283 g/mol. The number of rotatable bonds is 2. The van der Waals surface area contributed by atoms with Crippen molar-refractivity contribution >= 4 is 18.5 Å². The molecule has 0 spiro atoms. The molecule has 0 unspecified atom stereocenters. The molecule has 0 aliphatic carbocycles. The summed E-state index contributed by atoms with van der Waals surface area (Å²) in [5, 5.41) is 8.80. The van der Waals surface area contributed by atoms with Gasteiger partial charge in [-0.25, -0.2) is 14.0 Å². The van der Waals surface area contributed by atoms with Gasteiger partial charge in [-0.1, -0.05) is 0 Å². The summed E-state index contributed by atoms with van der Waals surface area (Å²) in [6, 6.07) is 3.49. The van der Waals surface area contributed by atoms with Gasteiger partial charge in [-0.2, -0.15) is 0 Å². The lowest BCUT2D eigenvalue weighted by atomic mass is 10.2. The van der Waals surface area contributed by atoms with Gasteiger partial charge in [-0.15, -0.1) is 0 Å². The topological polar surface area (TPSA) is 87.2 Å². The lowest BCUT2D eigenvalue weighted by Crippen LogP contribution is -2.51. The molecule has 7 nitrogen and oxygen atoms in total. The van der Waals surface area contributed by atoms with E-state index in [9.17, 15) is 18.8 Å². The molecular formula is C13H13FN2O5. The van der Waals surface area contributed by atoms with Crippen molar-refractivity contribution in [3.8, 4) is 5.75 Å². The third kappa shape index (κ3) is 3.47. The van der Waals surface area contributed by atoms with Gasteiger partial charge in [0.25, 0.3) is 0 Å². The molecule has 21 heavy (non-hydrogen) atoms. The zero-order valence-corrected chi connectivity index (χ0v) is 11.0. The molecule has 1 N–H and O–H groups in total. The molecule has 1 aromatic carbocycles. The van der Waals surface area contributed by atoms with Crippen LogP contribution in [-0.4, -0.2) is 59.6 Å². The molecule has 1 aliphatic rings. The van der Waals surface area contributed by atoms with Gasteiger partial charge in [0, 0.05) is 32.2 Å². The van der Waals surface area contributed by atoms with Crippen LogP contribution in [0.25, 0.3) is 0 Å². The Labute approximate surface area is 119 Å². The van der Waals surface area contributed by atoms with E-state index in [-0.39, 0.29) is 37.5 Å². The largest absolute Gasteiger partial charge is 0.465 e. The summed E-state index contributed by atoms with van der Waals surface area (Å²) >= 11 is 0. The van der Waals surface area contributed by atoms with Crippen molar-refractivity contribution in [2.24, 2.45) is 0 Å². The molecule has 1 aliphatic heterocycles. The summed E-state index contributed by atoms with van der Waals surface area (Å²) in [6.45, 7) is 0.811. The normalized spacial score (nSPS) is 14.7. The van der Waals surface area contributed by atoms with Gasteiger partial charge >= 0.3 is 12.2 Å². The van der Waals surface area contributed by atoms with E-state index in [4.69, 9.17) is 9.84 Å². The Bertz CT molecular complexity index is 570. The molecule has 1 heterocycles. The fourth-order valence-corrected chi connectivity index (χ4v) is 1.91. The molecule has 0 atom stereocenters. The molecule has 8 heteroatoms. The Morgan fingerprint density at radius 1 is 1.19 bits per heavy atom. The number of benzene rings is 1. The summed E-state index contributed by atoms with van der Waals surface area (Å²) < 4.78 is 18.4. The first-order valence-corrected chi connectivity index (χ1v) is 6.20. The molecule has 1 aromatic rings. The first kappa shape index (κ1) is 14.8. The van der Waals surface area contributed by atoms with E-state index in [1.165, 1.54) is 21.9 Å². The monoisotopic (exact) mass is 296 g/mol. The maximum absolute atomic E-state index is 13.4. The van der Waals surface area contributed by atoms with E-state index < -0.39 is 18.0 Å². The Morgan fingerprint density at radius 2 is 1.81 bits per heavy atom. The molecule has 1 fully saturated rings. The van der Waals surface area contributed by atoms with Crippen LogP contribution in [0.15, 0.2) is 18.2 Å². The molecule has 0 radical (unpaired) electrons. The Kier molecular flexibility index (Phi) is 4.36. The van der Waals surface area contributed by atoms with Crippen molar-refractivity contribution in [2.75, 3.05) is 26.2 Å². The first-order chi connectivity index (χ1) is 10.0. The molecule has 112 valence electrons. The van der Waals surface area contributed by atoms with Gasteiger partial charge in [0.2, 0.25) is 0 Å². The van der Waals surface area contributed by atoms with E-state index >= 15 is 0 Å². The van der Waals surface area contributed by atoms with Crippen LogP contribution in [-0.2, 0) is 0 Å². The van der Waals surface area contributed by atoms with Crippen molar-refractivity contribution in [3.63, 3.8) is 0 Å². The van der Waals surface area contributed by atoms with Crippen LogP contribution in [0, 0.1) is 5.82 Å². The SMILES string of the molecule is O=Cc1ccc(OC(=O)N2CCN(C(=O)O)CC2)cc1F. The van der Waals surface area contributed by atoms with Crippen LogP contribution in [0.2, 0.25) is 0 Å². The van der Waals surface area contributed by atoms with E-state index in [0.717, 1.165) is 6.07 Å². The molecule has 2 amide bonds. The number of carbonyl (C=O) groups excluding carboxylic acids is 2. The minimum atomic E-state index is -1.03. The average Bonchev–Trinajstić information content (AvgIpc) is 2.47. The van der Waals surface area contributed by atoms with Gasteiger partial charge < -0.3 is 19.6 Å². The number of amides is 2. The maximum Gasteiger partial charge on any atom is 0.415 e. The number of aldehydes is 1. The van der Waals surface area contributed by atoms with Crippen LogP contribution in [0.5, 0.6) is 5.75 Å². The molecule has 0 bridgehead atoms. The van der Waals surface area contributed by atoms with Crippen LogP contribution < -0.4 is 4.74 Å². The zero-order chi connectivity index (χ0) is 15.4. The highest BCUT2D eigenvalue weighted by molar-refractivity contribution is 5.76. The Balaban J connectivity index is 1.94. The van der Waals surface area contributed by atoms with E-state index in [2.05, 4.69) is 0 Å². The zero-order valence-electron chi connectivity index (χ0n) is 11.0. The number of hydrogen-bond donors (Lipinski definition) is 1. The summed E-state index contributed by atoms with van der Waals surface area (Å²) in [6.07, 6.45) is -1.35. The summed E-state index contributed by atoms with van der Waals surface area (Å²) in [5.41, 5.74) is -0.120. The maximum atomic E-state index is 13.4. The van der Waals surface area contributed by atoms with Crippen molar-refractivity contribution in [1.29, 1.82) is 0 Å². The van der Waals surface area contributed by atoms with Gasteiger partial charge in [0.05, 0.1) is 5.56 Å². The number of hydrogen-bond acceptors (Lipinski definition) is 4. The number of ether oxygens (including phenoxy) is 1. The van der Waals surface area contributed by atoms with Crippen LogP contribution >= 0.6 is 0 Å². The van der Waals surface area contributed by atoms with Gasteiger partial charge in [0.15, 0.2) is 6.29 Å². The highest BCUT2D eigenvalue weighted by Crippen LogP contribution is 2.17. The lowest BCUT2D eigenvalue weighted by molar-refractivity contribution is 0.0973. The fourth-order valence-electron chi connectivity index (χ4n) is 1.91. The molecule has 2 rings (SSSR count). The second kappa shape index (κ2) is 6.21. The fraction of sp³-hybridized carbons (Fsp3) is 0.308. The highest BCUT2D eigenvalue weighted by atomic mass is 19.1. The number of piperazine rings is 1. The molecule has 0 saturated carbocycles. The van der Waals surface area contributed by atoms with Crippen molar-refractivity contribution in [3.05, 3.63) is 29.6 Å². The second-order valence-electron chi connectivity index (χ2n) is 4.43. The first-order valence-electron chi connectivity index (χ1n) is 6.20. The van der Waals surface area contributed by atoms with Crippen molar-refractivity contribution < 1.29 is 28.6 Å². The highest BCUT2D eigenvalue weighted by Gasteiger charge is 2.25. The van der Waals surface area contributed by atoms with Crippen molar-refractivity contribution in [1.82, 2.24) is 9.80 Å².